The molecule has 1 aliphatic heterocycles. The van der Waals surface area contributed by atoms with Crippen molar-refractivity contribution in [2.75, 3.05) is 44.1 Å². The van der Waals surface area contributed by atoms with E-state index in [1.807, 2.05) is 30.3 Å². The minimum absolute atomic E-state index is 0.0122. The van der Waals surface area contributed by atoms with E-state index >= 15 is 0 Å². The first kappa shape index (κ1) is 21.8. The van der Waals surface area contributed by atoms with Gasteiger partial charge in [0, 0.05) is 39.4 Å². The highest BCUT2D eigenvalue weighted by Crippen LogP contribution is 2.24. The van der Waals surface area contributed by atoms with Gasteiger partial charge in [-0.1, -0.05) is 30.3 Å². The van der Waals surface area contributed by atoms with Gasteiger partial charge in [-0.15, -0.1) is 0 Å². The summed E-state index contributed by atoms with van der Waals surface area (Å²) in [7, 11) is 1.58. The molecule has 2 heterocycles. The van der Waals surface area contributed by atoms with Gasteiger partial charge in [0.05, 0.1) is 6.54 Å². The predicted molar refractivity (Wildman–Crippen MR) is 114 cm³/mol. The third-order valence-electron chi connectivity index (χ3n) is 5.23. The summed E-state index contributed by atoms with van der Waals surface area (Å²) in [5.41, 5.74) is 5.89. The van der Waals surface area contributed by atoms with Crippen LogP contribution in [0.5, 0.6) is 0 Å². The van der Waals surface area contributed by atoms with E-state index in [9.17, 15) is 14.4 Å². The van der Waals surface area contributed by atoms with Gasteiger partial charge in [-0.3, -0.25) is 19.1 Å². The number of H-pyrrole nitrogens is 1. The molecular weight excluding hydrogens is 388 g/mol. The molecule has 0 saturated carbocycles. The topological polar surface area (TPSA) is 120 Å². The SMILES string of the molecule is COCCCN(C(=O)C1CCOCC1)c1c(N)n(Cc2ccccc2)c(=O)[nH]c1=O. The molecule has 1 aromatic carbocycles. The number of ether oxygens (including phenoxy) is 2. The highest BCUT2D eigenvalue weighted by atomic mass is 16.5. The Morgan fingerprint density at radius 3 is 2.63 bits per heavy atom. The maximum absolute atomic E-state index is 13.3. The van der Waals surface area contributed by atoms with Gasteiger partial charge in [0.25, 0.3) is 5.56 Å². The number of amides is 1. The molecule has 1 amide bonds. The molecule has 3 rings (SSSR count). The third-order valence-corrected chi connectivity index (χ3v) is 5.23. The Balaban J connectivity index is 2.00. The molecule has 30 heavy (non-hydrogen) atoms. The molecule has 0 bridgehead atoms. The Labute approximate surface area is 174 Å². The number of anilines is 2. The smallest absolute Gasteiger partial charge is 0.330 e. The lowest BCUT2D eigenvalue weighted by Crippen LogP contribution is -2.45. The molecule has 0 atom stereocenters. The van der Waals surface area contributed by atoms with Gasteiger partial charge < -0.3 is 20.1 Å². The molecule has 162 valence electrons. The van der Waals surface area contributed by atoms with Crippen LogP contribution in [-0.4, -0.2) is 48.9 Å². The monoisotopic (exact) mass is 416 g/mol. The van der Waals surface area contributed by atoms with Crippen molar-refractivity contribution in [2.45, 2.75) is 25.8 Å². The number of aromatic amines is 1. The summed E-state index contributed by atoms with van der Waals surface area (Å²) >= 11 is 0. The van der Waals surface area contributed by atoms with Gasteiger partial charge >= 0.3 is 5.69 Å². The summed E-state index contributed by atoms with van der Waals surface area (Å²) < 4.78 is 11.7. The summed E-state index contributed by atoms with van der Waals surface area (Å²) in [6.45, 7) is 1.88. The highest BCUT2D eigenvalue weighted by Gasteiger charge is 2.30. The van der Waals surface area contributed by atoms with E-state index in [-0.39, 0.29) is 36.4 Å². The van der Waals surface area contributed by atoms with Gasteiger partial charge in [0.1, 0.15) is 5.82 Å². The van der Waals surface area contributed by atoms with Crippen molar-refractivity contribution in [3.8, 4) is 0 Å². The fourth-order valence-electron chi connectivity index (χ4n) is 3.63. The molecule has 0 radical (unpaired) electrons. The molecule has 2 aromatic rings. The maximum atomic E-state index is 13.3. The highest BCUT2D eigenvalue weighted by molar-refractivity contribution is 5.97. The summed E-state index contributed by atoms with van der Waals surface area (Å²) in [5, 5.41) is 0. The number of nitrogens with zero attached hydrogens (tertiary/aromatic N) is 2. The number of benzene rings is 1. The molecule has 1 saturated heterocycles. The quantitative estimate of drug-likeness (QED) is 0.619. The largest absolute Gasteiger partial charge is 0.385 e. The normalized spacial score (nSPS) is 14.6. The maximum Gasteiger partial charge on any atom is 0.330 e. The van der Waals surface area contributed by atoms with Crippen molar-refractivity contribution in [1.82, 2.24) is 9.55 Å². The van der Waals surface area contributed by atoms with Crippen LogP contribution in [0.4, 0.5) is 11.5 Å². The zero-order valence-corrected chi connectivity index (χ0v) is 17.1. The first-order valence-electron chi connectivity index (χ1n) is 10.1. The molecule has 3 N–H and O–H groups in total. The number of hydrogen-bond donors (Lipinski definition) is 2. The number of nitrogens with one attached hydrogen (secondary N) is 1. The van der Waals surface area contributed by atoms with E-state index in [2.05, 4.69) is 4.98 Å². The van der Waals surface area contributed by atoms with Crippen LogP contribution in [0.3, 0.4) is 0 Å². The third kappa shape index (κ3) is 4.98. The predicted octanol–water partition coefficient (Wildman–Crippen LogP) is 0.963. The molecular formula is C21H28N4O5. The van der Waals surface area contributed by atoms with E-state index in [4.69, 9.17) is 15.2 Å². The summed E-state index contributed by atoms with van der Waals surface area (Å²) in [6.07, 6.45) is 1.70. The zero-order chi connectivity index (χ0) is 21.5. The van der Waals surface area contributed by atoms with Crippen molar-refractivity contribution in [3.63, 3.8) is 0 Å². The molecule has 9 nitrogen and oxygen atoms in total. The van der Waals surface area contributed by atoms with E-state index in [0.717, 1.165) is 5.56 Å². The minimum Gasteiger partial charge on any atom is -0.385 e. The van der Waals surface area contributed by atoms with Crippen LogP contribution in [-0.2, 0) is 20.8 Å². The van der Waals surface area contributed by atoms with Crippen LogP contribution < -0.4 is 21.9 Å². The minimum atomic E-state index is -0.667. The van der Waals surface area contributed by atoms with Crippen LogP contribution in [0.15, 0.2) is 39.9 Å². The zero-order valence-electron chi connectivity index (χ0n) is 17.1. The summed E-state index contributed by atoms with van der Waals surface area (Å²) in [4.78, 5) is 42.2. The Morgan fingerprint density at radius 1 is 1.27 bits per heavy atom. The summed E-state index contributed by atoms with van der Waals surface area (Å²) in [5.74, 6) is -0.462. The lowest BCUT2D eigenvalue weighted by molar-refractivity contribution is -0.125. The Hall–Kier alpha value is -2.91. The molecule has 0 aliphatic carbocycles. The molecule has 1 aliphatic rings. The number of nitrogen functional groups attached to an aromatic ring is 1. The Bertz CT molecular complexity index is 964. The van der Waals surface area contributed by atoms with Gasteiger partial charge in [0.15, 0.2) is 5.69 Å². The van der Waals surface area contributed by atoms with E-state index in [0.29, 0.717) is 39.1 Å². The van der Waals surface area contributed by atoms with E-state index in [1.54, 1.807) is 7.11 Å². The van der Waals surface area contributed by atoms with Crippen LogP contribution in [0.1, 0.15) is 24.8 Å². The fraction of sp³-hybridized carbons (Fsp3) is 0.476. The molecule has 9 heteroatoms. The van der Waals surface area contributed by atoms with Crippen molar-refractivity contribution < 1.29 is 14.3 Å². The lowest BCUT2D eigenvalue weighted by atomic mass is 9.98. The summed E-state index contributed by atoms with van der Waals surface area (Å²) in [6, 6.07) is 9.31. The molecule has 1 aromatic heterocycles. The number of carbonyl (C=O) groups is 1. The number of nitrogens with two attached hydrogens (primary N) is 1. The lowest BCUT2D eigenvalue weighted by Gasteiger charge is -2.30. The van der Waals surface area contributed by atoms with Gasteiger partial charge in [-0.25, -0.2) is 4.79 Å². The number of rotatable bonds is 8. The number of hydrogen-bond acceptors (Lipinski definition) is 6. The molecule has 1 fully saturated rings. The second-order valence-corrected chi connectivity index (χ2v) is 7.29. The number of methoxy groups -OCH3 is 1. The van der Waals surface area contributed by atoms with Gasteiger partial charge in [0.2, 0.25) is 5.91 Å². The molecule has 0 spiro atoms. The second kappa shape index (κ2) is 10.2. The van der Waals surface area contributed by atoms with E-state index < -0.39 is 11.2 Å². The first-order chi connectivity index (χ1) is 14.5. The van der Waals surface area contributed by atoms with Crippen molar-refractivity contribution in [2.24, 2.45) is 5.92 Å². The van der Waals surface area contributed by atoms with Crippen LogP contribution >= 0.6 is 0 Å². The van der Waals surface area contributed by atoms with Crippen molar-refractivity contribution in [1.29, 1.82) is 0 Å². The Kier molecular flexibility index (Phi) is 7.42. The number of carbonyl (C=O) groups excluding carboxylic acids is 1. The van der Waals surface area contributed by atoms with Crippen molar-refractivity contribution in [3.05, 3.63) is 56.7 Å². The number of aromatic nitrogens is 2. The average Bonchev–Trinajstić information content (AvgIpc) is 2.76. The molecule has 0 unspecified atom stereocenters. The van der Waals surface area contributed by atoms with Crippen molar-refractivity contribution >= 4 is 17.4 Å². The fourth-order valence-corrected chi connectivity index (χ4v) is 3.63. The average molecular weight is 416 g/mol. The second-order valence-electron chi connectivity index (χ2n) is 7.29. The first-order valence-corrected chi connectivity index (χ1v) is 10.1. The van der Waals surface area contributed by atoms with Crippen LogP contribution in [0.2, 0.25) is 0 Å². The van der Waals surface area contributed by atoms with Gasteiger partial charge in [-0.2, -0.15) is 0 Å². The van der Waals surface area contributed by atoms with Crippen LogP contribution in [0, 0.1) is 5.92 Å². The standard InChI is InChI=1S/C21H28N4O5/c1-29-11-5-10-24(20(27)16-8-12-30-13-9-16)17-18(22)25(21(28)23-19(17)26)14-15-6-3-2-4-7-15/h2-4,6-7,16H,5,8-14,22H2,1H3,(H,23,26,28). The van der Waals surface area contributed by atoms with E-state index in [1.165, 1.54) is 9.47 Å². The van der Waals surface area contributed by atoms with Crippen LogP contribution in [0.25, 0.3) is 0 Å². The Morgan fingerprint density at radius 2 is 1.97 bits per heavy atom. The van der Waals surface area contributed by atoms with Gasteiger partial charge in [-0.05, 0) is 24.8 Å².